The number of esters is 1. The number of carbonyl (C=O) groups is 1. The average molecular weight is 376 g/mol. The molecule has 0 aromatic heterocycles. The summed E-state index contributed by atoms with van der Waals surface area (Å²) in [6.45, 7) is 5.96. The molecule has 4 heterocycles. The molecule has 2 saturated carbocycles. The standard InChI is InChI=1S/C20H24O7/c1-16(2,23)19-12(26-19)13-20(27-13)17(3)5-4-8-9(7-24-14(8)21)10(17)6-11-18(20,25-11)15(19)22/h10-13,15,22-23H,4-7H2,1-3H3. The van der Waals surface area contributed by atoms with Crippen LogP contribution in [0.25, 0.3) is 0 Å². The van der Waals surface area contributed by atoms with E-state index in [1.165, 1.54) is 0 Å². The van der Waals surface area contributed by atoms with E-state index in [2.05, 4.69) is 6.92 Å². The minimum atomic E-state index is -1.19. The largest absolute Gasteiger partial charge is 0.458 e. The van der Waals surface area contributed by atoms with Crippen LogP contribution in [0.1, 0.15) is 40.0 Å². The molecule has 0 aromatic carbocycles. The number of carbonyl (C=O) groups excluding carboxylic acids is 1. The van der Waals surface area contributed by atoms with Gasteiger partial charge in [-0.05, 0) is 44.6 Å². The zero-order chi connectivity index (χ0) is 18.8. The number of ether oxygens (including phenoxy) is 4. The van der Waals surface area contributed by atoms with Gasteiger partial charge in [-0.2, -0.15) is 0 Å². The molecule has 3 saturated heterocycles. The Bertz CT molecular complexity index is 859. The van der Waals surface area contributed by atoms with Gasteiger partial charge in [-0.15, -0.1) is 0 Å². The summed E-state index contributed by atoms with van der Waals surface area (Å²) in [7, 11) is 0. The SMILES string of the molecule is CC(C)(O)C12OC1C1OC13C1(C)CCC4=C(COC4=O)C1CC1OC13C2O. The Morgan fingerprint density at radius 3 is 2.70 bits per heavy atom. The quantitative estimate of drug-likeness (QED) is 0.498. The molecule has 9 atom stereocenters. The molecule has 2 N–H and O–H groups in total. The molecule has 0 aromatic rings. The molecule has 2 spiro atoms. The molecule has 7 nitrogen and oxygen atoms in total. The molecule has 0 bridgehead atoms. The van der Waals surface area contributed by atoms with E-state index in [4.69, 9.17) is 18.9 Å². The van der Waals surface area contributed by atoms with Crippen molar-refractivity contribution in [2.24, 2.45) is 11.3 Å². The van der Waals surface area contributed by atoms with Crippen LogP contribution in [0, 0.1) is 11.3 Å². The number of rotatable bonds is 1. The fraction of sp³-hybridized carbons (Fsp3) is 0.850. The first kappa shape index (κ1) is 15.9. The van der Waals surface area contributed by atoms with Crippen LogP contribution in [-0.4, -0.2) is 69.6 Å². The normalized spacial score (nSPS) is 61.7. The number of aliphatic hydroxyl groups is 2. The van der Waals surface area contributed by atoms with Gasteiger partial charge in [0.05, 0.1) is 11.7 Å². The number of cyclic esters (lactones) is 1. The first-order valence-corrected chi connectivity index (χ1v) is 9.98. The molecular formula is C20H24O7. The van der Waals surface area contributed by atoms with Crippen molar-refractivity contribution in [3.8, 4) is 0 Å². The maximum atomic E-state index is 12.1. The van der Waals surface area contributed by atoms with Gasteiger partial charge in [0.2, 0.25) is 0 Å². The Labute approximate surface area is 156 Å². The lowest BCUT2D eigenvalue weighted by Gasteiger charge is -2.53. The molecule has 5 fully saturated rings. The van der Waals surface area contributed by atoms with Crippen molar-refractivity contribution >= 4 is 5.97 Å². The van der Waals surface area contributed by atoms with E-state index in [0.29, 0.717) is 13.0 Å². The van der Waals surface area contributed by atoms with E-state index in [0.717, 1.165) is 24.0 Å². The third-order valence-corrected chi connectivity index (χ3v) is 9.10. The highest BCUT2D eigenvalue weighted by Gasteiger charge is 3.01. The van der Waals surface area contributed by atoms with E-state index < -0.39 is 28.5 Å². The zero-order valence-corrected chi connectivity index (χ0v) is 15.7. The molecule has 9 unspecified atom stereocenters. The minimum absolute atomic E-state index is 0.150. The Kier molecular flexibility index (Phi) is 2.28. The van der Waals surface area contributed by atoms with Gasteiger partial charge in [-0.25, -0.2) is 4.79 Å². The number of aliphatic hydroxyl groups excluding tert-OH is 1. The predicted molar refractivity (Wildman–Crippen MR) is 88.5 cm³/mol. The Morgan fingerprint density at radius 2 is 1.96 bits per heavy atom. The molecule has 7 heteroatoms. The number of hydrogen-bond donors (Lipinski definition) is 2. The Hall–Kier alpha value is -0.990. The summed E-state index contributed by atoms with van der Waals surface area (Å²) in [5.41, 5.74) is -1.97. The molecule has 7 aliphatic rings. The van der Waals surface area contributed by atoms with Crippen molar-refractivity contribution in [3.63, 3.8) is 0 Å². The molecule has 146 valence electrons. The summed E-state index contributed by atoms with van der Waals surface area (Å²) >= 11 is 0. The third-order valence-electron chi connectivity index (χ3n) is 9.10. The van der Waals surface area contributed by atoms with Crippen LogP contribution in [-0.2, 0) is 23.7 Å². The van der Waals surface area contributed by atoms with Crippen molar-refractivity contribution in [2.75, 3.05) is 6.61 Å². The van der Waals surface area contributed by atoms with Crippen molar-refractivity contribution in [2.45, 2.75) is 86.9 Å². The maximum Gasteiger partial charge on any atom is 0.334 e. The molecule has 3 aliphatic carbocycles. The van der Waals surface area contributed by atoms with Gasteiger partial charge in [-0.1, -0.05) is 6.92 Å². The van der Waals surface area contributed by atoms with Crippen LogP contribution in [0.15, 0.2) is 11.1 Å². The van der Waals surface area contributed by atoms with Gasteiger partial charge in [0.1, 0.15) is 30.5 Å². The first-order valence-electron chi connectivity index (χ1n) is 9.98. The van der Waals surface area contributed by atoms with Crippen LogP contribution < -0.4 is 0 Å². The second kappa shape index (κ2) is 3.87. The monoisotopic (exact) mass is 376 g/mol. The molecule has 0 radical (unpaired) electrons. The topological polar surface area (TPSA) is 104 Å². The summed E-state index contributed by atoms with van der Waals surface area (Å²) in [6, 6.07) is 0. The Balaban J connectivity index is 1.38. The van der Waals surface area contributed by atoms with Crippen LogP contribution in [0.4, 0.5) is 0 Å². The maximum absolute atomic E-state index is 12.1. The van der Waals surface area contributed by atoms with E-state index >= 15 is 0 Å². The van der Waals surface area contributed by atoms with Gasteiger partial charge in [-0.3, -0.25) is 0 Å². The lowest BCUT2D eigenvalue weighted by Crippen LogP contribution is -2.71. The van der Waals surface area contributed by atoms with Crippen LogP contribution in [0.2, 0.25) is 0 Å². The number of hydrogen-bond acceptors (Lipinski definition) is 7. The van der Waals surface area contributed by atoms with E-state index in [-0.39, 0.29) is 35.6 Å². The summed E-state index contributed by atoms with van der Waals surface area (Å²) in [5.74, 6) is -0.0273. The second-order valence-electron chi connectivity index (χ2n) is 10.3. The van der Waals surface area contributed by atoms with Gasteiger partial charge >= 0.3 is 5.97 Å². The van der Waals surface area contributed by atoms with Crippen molar-refractivity contribution in [3.05, 3.63) is 11.1 Å². The molecule has 0 amide bonds. The van der Waals surface area contributed by atoms with Crippen molar-refractivity contribution in [1.82, 2.24) is 0 Å². The third kappa shape index (κ3) is 1.27. The fourth-order valence-corrected chi connectivity index (χ4v) is 7.71. The molecule has 27 heavy (non-hydrogen) atoms. The summed E-state index contributed by atoms with van der Waals surface area (Å²) in [5, 5.41) is 22.2. The van der Waals surface area contributed by atoms with Gasteiger partial charge < -0.3 is 29.2 Å². The summed E-state index contributed by atoms with van der Waals surface area (Å²) < 4.78 is 24.0. The lowest BCUT2D eigenvalue weighted by molar-refractivity contribution is -0.136. The first-order chi connectivity index (χ1) is 12.7. The summed E-state index contributed by atoms with van der Waals surface area (Å²) in [4.78, 5) is 12.1. The number of fused-ring (bicyclic) bond motifs is 4. The van der Waals surface area contributed by atoms with E-state index in [9.17, 15) is 15.0 Å². The Morgan fingerprint density at radius 1 is 1.19 bits per heavy atom. The van der Waals surface area contributed by atoms with Crippen molar-refractivity contribution in [1.29, 1.82) is 0 Å². The molecule has 7 rings (SSSR count). The second-order valence-corrected chi connectivity index (χ2v) is 10.3. The fourth-order valence-electron chi connectivity index (χ4n) is 7.71. The molecule has 4 aliphatic heterocycles. The minimum Gasteiger partial charge on any atom is -0.458 e. The lowest BCUT2D eigenvalue weighted by atomic mass is 9.46. The predicted octanol–water partition coefficient (Wildman–Crippen LogP) is 0.218. The van der Waals surface area contributed by atoms with Crippen molar-refractivity contribution < 1.29 is 34.0 Å². The van der Waals surface area contributed by atoms with Gasteiger partial charge in [0.15, 0.2) is 11.2 Å². The highest BCUT2D eigenvalue weighted by molar-refractivity contribution is 5.92. The zero-order valence-electron chi connectivity index (χ0n) is 15.7. The summed E-state index contributed by atoms with van der Waals surface area (Å²) in [6.07, 6.45) is 0.622. The van der Waals surface area contributed by atoms with Crippen LogP contribution >= 0.6 is 0 Å². The number of epoxide rings is 3. The molecular weight excluding hydrogens is 352 g/mol. The highest BCUT2D eigenvalue weighted by Crippen LogP contribution is 2.83. The highest BCUT2D eigenvalue weighted by atomic mass is 16.8. The van der Waals surface area contributed by atoms with Crippen LogP contribution in [0.5, 0.6) is 0 Å². The smallest absolute Gasteiger partial charge is 0.334 e. The van der Waals surface area contributed by atoms with E-state index in [1.807, 2.05) is 0 Å². The van der Waals surface area contributed by atoms with Gasteiger partial charge in [0.25, 0.3) is 0 Å². The van der Waals surface area contributed by atoms with Crippen LogP contribution in [0.3, 0.4) is 0 Å². The van der Waals surface area contributed by atoms with E-state index in [1.54, 1.807) is 13.8 Å². The average Bonchev–Trinajstić information content (AvgIpc) is 3.46. The van der Waals surface area contributed by atoms with Gasteiger partial charge in [0, 0.05) is 11.0 Å².